The van der Waals surface area contributed by atoms with E-state index in [4.69, 9.17) is 11.5 Å². The van der Waals surface area contributed by atoms with Crippen LogP contribution in [-0.4, -0.2) is 17.2 Å². The Morgan fingerprint density at radius 3 is 2.12 bits per heavy atom. The second-order valence-corrected chi connectivity index (χ2v) is 7.95. The van der Waals surface area contributed by atoms with E-state index < -0.39 is 6.29 Å². The van der Waals surface area contributed by atoms with Gasteiger partial charge in [0, 0.05) is 12.6 Å². The Labute approximate surface area is 153 Å². The molecule has 2 rings (SSSR count). The van der Waals surface area contributed by atoms with Crippen LogP contribution in [-0.2, 0) is 12.0 Å². The zero-order valence-corrected chi connectivity index (χ0v) is 16.3. The minimum absolute atomic E-state index is 0.175. The van der Waals surface area contributed by atoms with E-state index in [9.17, 15) is 0 Å². The van der Waals surface area contributed by atoms with Gasteiger partial charge in [0.15, 0.2) is 0 Å². The van der Waals surface area contributed by atoms with Gasteiger partial charge in [0.1, 0.15) is 6.29 Å². The molecule has 0 heterocycles. The summed E-state index contributed by atoms with van der Waals surface area (Å²) in [7, 11) is 0. The van der Waals surface area contributed by atoms with Crippen LogP contribution in [0.4, 0.5) is 0 Å². The van der Waals surface area contributed by atoms with E-state index in [1.165, 1.54) is 22.3 Å². The molecule has 0 saturated heterocycles. The highest BCUT2D eigenvalue weighted by molar-refractivity contribution is 5.64. The highest BCUT2D eigenvalue weighted by atomic mass is 15.3. The van der Waals surface area contributed by atoms with Gasteiger partial charge in [0.25, 0.3) is 0 Å². The average Bonchev–Trinajstić information content (AvgIpc) is 2.58. The quantitative estimate of drug-likeness (QED) is 0.764. The van der Waals surface area contributed by atoms with Crippen LogP contribution in [0.25, 0.3) is 11.1 Å². The van der Waals surface area contributed by atoms with E-state index in [2.05, 4.69) is 88.0 Å². The molecule has 0 bridgehead atoms. The molecule has 0 aliphatic carbocycles. The third-order valence-corrected chi connectivity index (χ3v) is 4.92. The SMILES string of the molecule is CCC(C)N(Cc1cccc(-c2ccc(C(C)(C)C)cc2)c1)C(N)N. The standard InChI is InChI=1S/C22H33N3/c1-6-16(2)25(21(23)24)15-17-8-7-9-19(14-17)18-10-12-20(13-11-18)22(3,4)5/h7-14,16,21H,6,15,23-24H2,1-5H3. The molecule has 0 spiro atoms. The number of nitrogens with zero attached hydrogens (tertiary/aromatic N) is 1. The second-order valence-electron chi connectivity index (χ2n) is 7.95. The topological polar surface area (TPSA) is 55.3 Å². The molecule has 25 heavy (non-hydrogen) atoms. The fourth-order valence-corrected chi connectivity index (χ4v) is 3.01. The van der Waals surface area contributed by atoms with Crippen LogP contribution in [0.5, 0.6) is 0 Å². The lowest BCUT2D eigenvalue weighted by molar-refractivity contribution is 0.136. The molecule has 0 aliphatic heterocycles. The van der Waals surface area contributed by atoms with Crippen molar-refractivity contribution in [1.82, 2.24) is 4.90 Å². The zero-order chi connectivity index (χ0) is 18.6. The van der Waals surface area contributed by atoms with Crippen LogP contribution >= 0.6 is 0 Å². The van der Waals surface area contributed by atoms with Crippen molar-refractivity contribution < 1.29 is 0 Å². The first-order valence-corrected chi connectivity index (χ1v) is 9.19. The molecule has 3 nitrogen and oxygen atoms in total. The minimum Gasteiger partial charge on any atom is -0.304 e. The maximum absolute atomic E-state index is 5.97. The predicted octanol–water partition coefficient (Wildman–Crippen LogP) is 4.45. The summed E-state index contributed by atoms with van der Waals surface area (Å²) in [4.78, 5) is 2.14. The van der Waals surface area contributed by atoms with Gasteiger partial charge in [0.05, 0.1) is 0 Å². The van der Waals surface area contributed by atoms with E-state index in [1.54, 1.807) is 0 Å². The van der Waals surface area contributed by atoms with Crippen molar-refractivity contribution in [3.05, 3.63) is 59.7 Å². The van der Waals surface area contributed by atoms with Crippen LogP contribution in [0, 0.1) is 0 Å². The van der Waals surface area contributed by atoms with Crippen LogP contribution in [0.1, 0.15) is 52.2 Å². The van der Waals surface area contributed by atoms with Crippen LogP contribution < -0.4 is 11.5 Å². The lowest BCUT2D eigenvalue weighted by Crippen LogP contribution is -2.51. The van der Waals surface area contributed by atoms with Gasteiger partial charge in [-0.15, -0.1) is 0 Å². The first-order valence-electron chi connectivity index (χ1n) is 9.19. The number of nitrogens with two attached hydrogens (primary N) is 2. The molecule has 1 unspecified atom stereocenters. The van der Waals surface area contributed by atoms with Gasteiger partial charge in [0.2, 0.25) is 0 Å². The molecule has 2 aromatic rings. The summed E-state index contributed by atoms with van der Waals surface area (Å²) in [5, 5.41) is 0. The maximum atomic E-state index is 5.97. The average molecular weight is 340 g/mol. The number of hydrogen-bond acceptors (Lipinski definition) is 3. The Bertz CT molecular complexity index is 668. The van der Waals surface area contributed by atoms with E-state index in [0.29, 0.717) is 6.04 Å². The summed E-state index contributed by atoms with van der Waals surface area (Å²) in [6.07, 6.45) is 0.587. The summed E-state index contributed by atoms with van der Waals surface area (Å²) < 4.78 is 0. The van der Waals surface area contributed by atoms with Gasteiger partial charge in [-0.2, -0.15) is 0 Å². The molecule has 0 fully saturated rings. The van der Waals surface area contributed by atoms with Crippen molar-refractivity contribution in [2.24, 2.45) is 11.5 Å². The summed E-state index contributed by atoms with van der Waals surface area (Å²) in [5.41, 5.74) is 17.2. The fraction of sp³-hybridized carbons (Fsp3) is 0.455. The first kappa shape index (κ1) is 19.6. The van der Waals surface area contributed by atoms with Crippen molar-refractivity contribution >= 4 is 0 Å². The van der Waals surface area contributed by atoms with E-state index >= 15 is 0 Å². The molecule has 0 aliphatic rings. The molecule has 0 amide bonds. The number of benzene rings is 2. The molecule has 2 aromatic carbocycles. The highest BCUT2D eigenvalue weighted by Gasteiger charge is 2.17. The second kappa shape index (κ2) is 8.13. The first-order chi connectivity index (χ1) is 11.7. The van der Waals surface area contributed by atoms with Gasteiger partial charge in [-0.05, 0) is 47.1 Å². The Balaban J connectivity index is 2.23. The van der Waals surface area contributed by atoms with Crippen molar-refractivity contribution in [2.45, 2.75) is 65.3 Å². The van der Waals surface area contributed by atoms with Crippen molar-refractivity contribution in [2.75, 3.05) is 0 Å². The molecule has 3 heteroatoms. The summed E-state index contributed by atoms with van der Waals surface area (Å²) in [5.74, 6) is 0. The van der Waals surface area contributed by atoms with E-state index in [1.807, 2.05) is 0 Å². The van der Waals surface area contributed by atoms with E-state index in [0.717, 1.165) is 13.0 Å². The van der Waals surface area contributed by atoms with Crippen LogP contribution in [0.15, 0.2) is 48.5 Å². The molecular weight excluding hydrogens is 306 g/mol. The third-order valence-electron chi connectivity index (χ3n) is 4.92. The van der Waals surface area contributed by atoms with Crippen LogP contribution in [0.2, 0.25) is 0 Å². The Kier molecular flexibility index (Phi) is 6.39. The van der Waals surface area contributed by atoms with Gasteiger partial charge in [-0.1, -0.05) is 70.2 Å². The lowest BCUT2D eigenvalue weighted by Gasteiger charge is -2.31. The largest absolute Gasteiger partial charge is 0.304 e. The fourth-order valence-electron chi connectivity index (χ4n) is 3.01. The number of rotatable bonds is 6. The summed E-state index contributed by atoms with van der Waals surface area (Å²) in [6, 6.07) is 17.9. The molecule has 4 N–H and O–H groups in total. The van der Waals surface area contributed by atoms with Crippen molar-refractivity contribution in [3.8, 4) is 11.1 Å². The van der Waals surface area contributed by atoms with Gasteiger partial charge in [-0.3, -0.25) is 4.90 Å². The van der Waals surface area contributed by atoms with Crippen LogP contribution in [0.3, 0.4) is 0 Å². The lowest BCUT2D eigenvalue weighted by atomic mass is 9.86. The maximum Gasteiger partial charge on any atom is 0.109 e. The monoisotopic (exact) mass is 339 g/mol. The van der Waals surface area contributed by atoms with Crippen molar-refractivity contribution in [3.63, 3.8) is 0 Å². The summed E-state index contributed by atoms with van der Waals surface area (Å²) in [6.45, 7) is 11.8. The van der Waals surface area contributed by atoms with Gasteiger partial charge >= 0.3 is 0 Å². The Morgan fingerprint density at radius 2 is 1.60 bits per heavy atom. The third kappa shape index (κ3) is 5.15. The van der Waals surface area contributed by atoms with Gasteiger partial charge in [-0.25, -0.2) is 0 Å². The smallest absolute Gasteiger partial charge is 0.109 e. The van der Waals surface area contributed by atoms with Gasteiger partial charge < -0.3 is 11.5 Å². The Hall–Kier alpha value is -1.68. The number of hydrogen-bond donors (Lipinski definition) is 2. The molecule has 136 valence electrons. The molecule has 0 radical (unpaired) electrons. The molecule has 0 saturated carbocycles. The normalized spacial score (nSPS) is 13.5. The Morgan fingerprint density at radius 1 is 0.960 bits per heavy atom. The zero-order valence-electron chi connectivity index (χ0n) is 16.3. The molecule has 1 atom stereocenters. The molecular formula is C22H33N3. The predicted molar refractivity (Wildman–Crippen MR) is 108 cm³/mol. The summed E-state index contributed by atoms with van der Waals surface area (Å²) >= 11 is 0. The highest BCUT2D eigenvalue weighted by Crippen LogP contribution is 2.27. The molecule has 0 aromatic heterocycles. The minimum atomic E-state index is -0.440. The van der Waals surface area contributed by atoms with Crippen molar-refractivity contribution in [1.29, 1.82) is 0 Å². The van der Waals surface area contributed by atoms with E-state index in [-0.39, 0.29) is 5.41 Å².